The molecule has 0 radical (unpaired) electrons. The third-order valence-corrected chi connectivity index (χ3v) is 5.88. The Morgan fingerprint density at radius 3 is 2.52 bits per heavy atom. The molecule has 0 atom stereocenters. The minimum absolute atomic E-state index is 0.0816. The molecule has 31 heavy (non-hydrogen) atoms. The summed E-state index contributed by atoms with van der Waals surface area (Å²) in [5, 5.41) is 12.4. The zero-order chi connectivity index (χ0) is 21.6. The highest BCUT2D eigenvalue weighted by atomic mass is 32.2. The first-order chi connectivity index (χ1) is 15.1. The Morgan fingerprint density at radius 2 is 1.77 bits per heavy atom. The Hall–Kier alpha value is -3.45. The average Bonchev–Trinajstić information content (AvgIpc) is 3.18. The summed E-state index contributed by atoms with van der Waals surface area (Å²) in [4.78, 5) is 16.9. The topological polar surface area (TPSA) is 72.7 Å². The van der Waals surface area contributed by atoms with E-state index < -0.39 is 0 Å². The van der Waals surface area contributed by atoms with Crippen molar-refractivity contribution in [1.29, 1.82) is 0 Å². The fourth-order valence-corrected chi connectivity index (χ4v) is 3.87. The van der Waals surface area contributed by atoms with Crippen molar-refractivity contribution >= 4 is 23.4 Å². The van der Waals surface area contributed by atoms with Gasteiger partial charge in [-0.05, 0) is 54.8 Å². The van der Waals surface area contributed by atoms with Crippen molar-refractivity contribution in [3.8, 4) is 11.5 Å². The fraction of sp³-hybridized carbons (Fsp3) is 0.167. The number of rotatable bonds is 7. The van der Waals surface area contributed by atoms with Gasteiger partial charge in [-0.15, -0.1) is 10.2 Å². The molecule has 2 aromatic heterocycles. The molecule has 4 aromatic rings. The molecule has 4 rings (SSSR count). The fourth-order valence-electron chi connectivity index (χ4n) is 3.13. The van der Waals surface area contributed by atoms with Crippen LogP contribution >= 0.6 is 11.8 Å². The number of carbonyl (C=O) groups is 1. The first-order valence-corrected chi connectivity index (χ1v) is 11.0. The van der Waals surface area contributed by atoms with Crippen molar-refractivity contribution in [3.63, 3.8) is 0 Å². The number of anilines is 1. The van der Waals surface area contributed by atoms with E-state index in [2.05, 4.69) is 39.6 Å². The number of carbonyl (C=O) groups excluding carboxylic acids is 1. The molecule has 0 aliphatic rings. The van der Waals surface area contributed by atoms with Gasteiger partial charge in [0.1, 0.15) is 5.69 Å². The molecule has 0 aliphatic carbocycles. The van der Waals surface area contributed by atoms with E-state index in [0.717, 1.165) is 22.5 Å². The average molecular weight is 430 g/mol. The van der Waals surface area contributed by atoms with Crippen LogP contribution in [0.2, 0.25) is 0 Å². The first kappa shape index (κ1) is 20.8. The van der Waals surface area contributed by atoms with Gasteiger partial charge in [0.05, 0.1) is 12.3 Å². The van der Waals surface area contributed by atoms with Gasteiger partial charge in [0.15, 0.2) is 11.0 Å². The van der Waals surface area contributed by atoms with Crippen molar-refractivity contribution in [2.75, 3.05) is 11.1 Å². The molecular weight excluding hydrogens is 406 g/mol. The highest BCUT2D eigenvalue weighted by Crippen LogP contribution is 2.24. The van der Waals surface area contributed by atoms with E-state index in [9.17, 15) is 4.79 Å². The van der Waals surface area contributed by atoms with Gasteiger partial charge in [0.25, 0.3) is 0 Å². The van der Waals surface area contributed by atoms with Gasteiger partial charge >= 0.3 is 0 Å². The second-order valence-corrected chi connectivity index (χ2v) is 8.17. The van der Waals surface area contributed by atoms with Crippen LogP contribution in [-0.4, -0.2) is 31.4 Å². The minimum Gasteiger partial charge on any atom is -0.325 e. The molecule has 0 spiro atoms. The molecule has 6 nitrogen and oxygen atoms in total. The molecule has 0 fully saturated rings. The second kappa shape index (κ2) is 9.57. The van der Waals surface area contributed by atoms with Crippen molar-refractivity contribution in [3.05, 3.63) is 89.6 Å². The lowest BCUT2D eigenvalue weighted by atomic mass is 10.1. The summed E-state index contributed by atoms with van der Waals surface area (Å²) in [5.74, 6) is 0.839. The number of amides is 1. The number of thioether (sulfide) groups is 1. The Labute approximate surface area is 185 Å². The standard InChI is InChI=1S/C24H23N5OS/c1-17-11-12-20(14-18(17)2)26-22(30)16-31-24-28-27-23(21-10-6-7-13-25-21)29(24)15-19-8-4-3-5-9-19/h3-14H,15-16H2,1-2H3,(H,26,30). The predicted octanol–water partition coefficient (Wildman–Crippen LogP) is 4.74. The summed E-state index contributed by atoms with van der Waals surface area (Å²) in [6.45, 7) is 4.68. The van der Waals surface area contributed by atoms with Crippen molar-refractivity contribution in [2.24, 2.45) is 0 Å². The number of nitrogens with zero attached hydrogens (tertiary/aromatic N) is 4. The van der Waals surface area contributed by atoms with Gasteiger partial charge in [-0.1, -0.05) is 54.2 Å². The van der Waals surface area contributed by atoms with E-state index in [1.165, 1.54) is 17.3 Å². The van der Waals surface area contributed by atoms with Crippen LogP contribution in [0.5, 0.6) is 0 Å². The Kier molecular flexibility index (Phi) is 6.43. The number of aryl methyl sites for hydroxylation is 2. The van der Waals surface area contributed by atoms with Gasteiger partial charge in [-0.3, -0.25) is 14.3 Å². The minimum atomic E-state index is -0.0816. The third kappa shape index (κ3) is 5.19. The van der Waals surface area contributed by atoms with E-state index >= 15 is 0 Å². The van der Waals surface area contributed by atoms with Gasteiger partial charge in [0.2, 0.25) is 5.91 Å². The predicted molar refractivity (Wildman–Crippen MR) is 124 cm³/mol. The van der Waals surface area contributed by atoms with Gasteiger partial charge < -0.3 is 5.32 Å². The first-order valence-electron chi connectivity index (χ1n) is 9.98. The van der Waals surface area contributed by atoms with Crippen LogP contribution in [0.4, 0.5) is 5.69 Å². The van der Waals surface area contributed by atoms with Crippen molar-refractivity contribution < 1.29 is 4.79 Å². The highest BCUT2D eigenvalue weighted by Gasteiger charge is 2.17. The molecule has 1 N–H and O–H groups in total. The summed E-state index contributed by atoms with van der Waals surface area (Å²) in [5.41, 5.74) is 5.02. The van der Waals surface area contributed by atoms with E-state index in [1.807, 2.05) is 66.1 Å². The number of hydrogen-bond donors (Lipinski definition) is 1. The zero-order valence-electron chi connectivity index (χ0n) is 17.4. The molecule has 0 bridgehead atoms. The van der Waals surface area contributed by atoms with Gasteiger partial charge in [-0.25, -0.2) is 0 Å². The van der Waals surface area contributed by atoms with Crippen LogP contribution in [0, 0.1) is 13.8 Å². The molecular formula is C24H23N5OS. The van der Waals surface area contributed by atoms with Crippen LogP contribution in [0.1, 0.15) is 16.7 Å². The Bertz CT molecular complexity index is 1180. The van der Waals surface area contributed by atoms with Crippen LogP contribution in [0.15, 0.2) is 78.1 Å². The smallest absolute Gasteiger partial charge is 0.234 e. The molecule has 0 unspecified atom stereocenters. The summed E-state index contributed by atoms with van der Waals surface area (Å²) in [6, 6.07) is 21.7. The maximum Gasteiger partial charge on any atom is 0.234 e. The lowest BCUT2D eigenvalue weighted by Crippen LogP contribution is -2.15. The maximum absolute atomic E-state index is 12.5. The van der Waals surface area contributed by atoms with E-state index in [1.54, 1.807) is 6.20 Å². The van der Waals surface area contributed by atoms with Crippen LogP contribution in [0.3, 0.4) is 0 Å². The SMILES string of the molecule is Cc1ccc(NC(=O)CSc2nnc(-c3ccccn3)n2Cc2ccccc2)cc1C. The van der Waals surface area contributed by atoms with Crippen LogP contribution < -0.4 is 5.32 Å². The van der Waals surface area contributed by atoms with Crippen LogP contribution in [0.25, 0.3) is 11.5 Å². The number of pyridine rings is 1. The summed E-state index contributed by atoms with van der Waals surface area (Å²) < 4.78 is 2.01. The zero-order valence-corrected chi connectivity index (χ0v) is 18.3. The Morgan fingerprint density at radius 1 is 0.968 bits per heavy atom. The normalized spacial score (nSPS) is 10.8. The molecule has 1 amide bonds. The molecule has 0 saturated heterocycles. The van der Waals surface area contributed by atoms with Gasteiger partial charge in [-0.2, -0.15) is 0 Å². The summed E-state index contributed by atoms with van der Waals surface area (Å²) in [6.07, 6.45) is 1.74. The monoisotopic (exact) mass is 429 g/mol. The van der Waals surface area contributed by atoms with E-state index in [0.29, 0.717) is 17.5 Å². The van der Waals surface area contributed by atoms with Crippen molar-refractivity contribution in [1.82, 2.24) is 19.7 Å². The molecule has 2 aromatic carbocycles. The summed E-state index contributed by atoms with van der Waals surface area (Å²) in [7, 11) is 0. The number of aromatic nitrogens is 4. The third-order valence-electron chi connectivity index (χ3n) is 4.92. The van der Waals surface area contributed by atoms with Crippen LogP contribution in [-0.2, 0) is 11.3 Å². The number of benzene rings is 2. The summed E-state index contributed by atoms with van der Waals surface area (Å²) >= 11 is 1.37. The second-order valence-electron chi connectivity index (χ2n) is 7.23. The van der Waals surface area contributed by atoms with Gasteiger partial charge in [0, 0.05) is 11.9 Å². The number of nitrogens with one attached hydrogen (secondary N) is 1. The molecule has 7 heteroatoms. The quantitative estimate of drug-likeness (QED) is 0.430. The Balaban J connectivity index is 1.52. The molecule has 0 aliphatic heterocycles. The largest absolute Gasteiger partial charge is 0.325 e. The lowest BCUT2D eigenvalue weighted by molar-refractivity contribution is -0.113. The van der Waals surface area contributed by atoms with E-state index in [-0.39, 0.29) is 11.7 Å². The van der Waals surface area contributed by atoms with Crippen molar-refractivity contribution in [2.45, 2.75) is 25.5 Å². The van der Waals surface area contributed by atoms with E-state index in [4.69, 9.17) is 0 Å². The number of hydrogen-bond acceptors (Lipinski definition) is 5. The molecule has 0 saturated carbocycles. The maximum atomic E-state index is 12.5. The highest BCUT2D eigenvalue weighted by molar-refractivity contribution is 7.99. The molecule has 156 valence electrons. The molecule has 2 heterocycles. The lowest BCUT2D eigenvalue weighted by Gasteiger charge is -2.11.